The first-order valence-electron chi connectivity index (χ1n) is 5.24. The first-order chi connectivity index (χ1) is 8.08. The molecular formula is C10H15N3O4. The van der Waals surface area contributed by atoms with Crippen molar-refractivity contribution >= 4 is 17.6 Å². The lowest BCUT2D eigenvalue weighted by molar-refractivity contribution is -0.144. The third kappa shape index (κ3) is 3.47. The molecule has 0 saturated heterocycles. The molecule has 0 aromatic carbocycles. The predicted octanol–water partition coefficient (Wildman–Crippen LogP) is 0.205. The summed E-state index contributed by atoms with van der Waals surface area (Å²) in [4.78, 5) is 22.6. The lowest BCUT2D eigenvalue weighted by Gasteiger charge is -2.01. The summed E-state index contributed by atoms with van der Waals surface area (Å²) in [6, 6.07) is 0. The minimum absolute atomic E-state index is 0.0103. The summed E-state index contributed by atoms with van der Waals surface area (Å²) < 4.78 is 10.8. The van der Waals surface area contributed by atoms with E-state index in [0.29, 0.717) is 6.61 Å². The molecule has 1 aromatic rings. The number of hydrogen-bond acceptors (Lipinski definition) is 6. The first-order valence-corrected chi connectivity index (χ1v) is 5.24. The second kappa shape index (κ2) is 5.88. The Bertz CT molecular complexity index is 414. The van der Waals surface area contributed by atoms with Crippen molar-refractivity contribution in [3.8, 4) is 0 Å². The van der Waals surface area contributed by atoms with Crippen molar-refractivity contribution < 1.29 is 19.1 Å². The number of aromatic nitrogens is 2. The van der Waals surface area contributed by atoms with Gasteiger partial charge in [-0.25, -0.2) is 4.79 Å². The summed E-state index contributed by atoms with van der Waals surface area (Å²) in [5, 5.41) is 3.87. The first kappa shape index (κ1) is 13.0. The third-order valence-electron chi connectivity index (χ3n) is 1.86. The fraction of sp³-hybridized carbons (Fsp3) is 0.500. The van der Waals surface area contributed by atoms with Crippen LogP contribution in [-0.4, -0.2) is 34.9 Å². The highest BCUT2D eigenvalue weighted by Gasteiger charge is 2.17. The molecule has 0 saturated carbocycles. The minimum atomic E-state index is -0.604. The van der Waals surface area contributed by atoms with Gasteiger partial charge in [-0.2, -0.15) is 5.10 Å². The molecule has 0 unspecified atom stereocenters. The van der Waals surface area contributed by atoms with Gasteiger partial charge in [0.05, 0.1) is 18.9 Å². The average molecular weight is 241 g/mol. The summed E-state index contributed by atoms with van der Waals surface area (Å²) in [5.74, 6) is -1.04. The molecule has 7 nitrogen and oxygen atoms in total. The highest BCUT2D eigenvalue weighted by molar-refractivity contribution is 5.92. The number of carbonyl (C=O) groups excluding carboxylic acids is 2. The summed E-state index contributed by atoms with van der Waals surface area (Å²) in [6.07, 6.45) is 1.39. The smallest absolute Gasteiger partial charge is 0.361 e. The van der Waals surface area contributed by atoms with Crippen LogP contribution in [0.25, 0.3) is 0 Å². The van der Waals surface area contributed by atoms with Gasteiger partial charge in [-0.05, 0) is 13.8 Å². The second-order valence-corrected chi connectivity index (χ2v) is 3.16. The zero-order valence-electron chi connectivity index (χ0n) is 9.80. The van der Waals surface area contributed by atoms with Crippen molar-refractivity contribution in [3.63, 3.8) is 0 Å². The molecule has 0 aliphatic carbocycles. The SMILES string of the molecule is CCOC(=O)Cn1cc(N)c(C(=O)OCC)n1. The Balaban J connectivity index is 2.74. The Morgan fingerprint density at radius 2 is 2.00 bits per heavy atom. The number of hydrogen-bond donors (Lipinski definition) is 1. The van der Waals surface area contributed by atoms with Crippen molar-refractivity contribution in [3.05, 3.63) is 11.9 Å². The molecule has 0 fully saturated rings. The fourth-order valence-electron chi connectivity index (χ4n) is 1.21. The van der Waals surface area contributed by atoms with Gasteiger partial charge in [0.25, 0.3) is 0 Å². The van der Waals surface area contributed by atoms with Gasteiger partial charge in [-0.1, -0.05) is 0 Å². The quantitative estimate of drug-likeness (QED) is 0.740. The van der Waals surface area contributed by atoms with Gasteiger partial charge >= 0.3 is 11.9 Å². The van der Waals surface area contributed by atoms with E-state index < -0.39 is 11.9 Å². The largest absolute Gasteiger partial charge is 0.465 e. The van der Waals surface area contributed by atoms with E-state index in [0.717, 1.165) is 0 Å². The molecule has 0 aliphatic rings. The molecule has 0 amide bonds. The molecule has 0 radical (unpaired) electrons. The summed E-state index contributed by atoms with van der Waals surface area (Å²) in [6.45, 7) is 3.84. The van der Waals surface area contributed by atoms with E-state index in [1.807, 2.05) is 0 Å². The monoisotopic (exact) mass is 241 g/mol. The number of carbonyl (C=O) groups is 2. The molecule has 0 spiro atoms. The Labute approximate surface area is 98.5 Å². The summed E-state index contributed by atoms with van der Waals surface area (Å²) in [7, 11) is 0. The van der Waals surface area contributed by atoms with Gasteiger partial charge in [0.15, 0.2) is 5.69 Å². The molecule has 2 N–H and O–H groups in total. The van der Waals surface area contributed by atoms with Crippen LogP contribution in [0.5, 0.6) is 0 Å². The van der Waals surface area contributed by atoms with Crippen LogP contribution < -0.4 is 5.73 Å². The zero-order chi connectivity index (χ0) is 12.8. The number of rotatable bonds is 5. The Morgan fingerprint density at radius 3 is 2.59 bits per heavy atom. The van der Waals surface area contributed by atoms with Crippen LogP contribution >= 0.6 is 0 Å². The number of ether oxygens (including phenoxy) is 2. The van der Waals surface area contributed by atoms with E-state index in [4.69, 9.17) is 15.2 Å². The Morgan fingerprint density at radius 1 is 1.35 bits per heavy atom. The number of anilines is 1. The molecule has 0 bridgehead atoms. The maximum absolute atomic E-state index is 11.4. The highest BCUT2D eigenvalue weighted by atomic mass is 16.5. The van der Waals surface area contributed by atoms with Gasteiger partial charge < -0.3 is 15.2 Å². The van der Waals surface area contributed by atoms with Crippen LogP contribution in [-0.2, 0) is 20.8 Å². The Kier molecular flexibility index (Phi) is 4.50. The summed E-state index contributed by atoms with van der Waals surface area (Å²) in [5.41, 5.74) is 5.77. The molecule has 94 valence electrons. The maximum Gasteiger partial charge on any atom is 0.361 e. The van der Waals surface area contributed by atoms with Crippen LogP contribution in [0.2, 0.25) is 0 Å². The molecule has 0 aliphatic heterocycles. The van der Waals surface area contributed by atoms with Crippen LogP contribution in [0.1, 0.15) is 24.3 Å². The molecule has 1 rings (SSSR count). The lowest BCUT2D eigenvalue weighted by atomic mass is 10.4. The molecule has 7 heteroatoms. The summed E-state index contributed by atoms with van der Waals surface area (Å²) >= 11 is 0. The van der Waals surface area contributed by atoms with Gasteiger partial charge in [-0.15, -0.1) is 0 Å². The van der Waals surface area contributed by atoms with Crippen LogP contribution in [0, 0.1) is 0 Å². The maximum atomic E-state index is 11.4. The Hall–Kier alpha value is -2.05. The van der Waals surface area contributed by atoms with Gasteiger partial charge in [0, 0.05) is 6.20 Å². The number of nitrogens with zero attached hydrogens (tertiary/aromatic N) is 2. The molecular weight excluding hydrogens is 226 g/mol. The van der Waals surface area contributed by atoms with Crippen molar-refractivity contribution in [2.75, 3.05) is 18.9 Å². The lowest BCUT2D eigenvalue weighted by Crippen LogP contribution is -2.15. The van der Waals surface area contributed by atoms with E-state index in [2.05, 4.69) is 5.10 Å². The zero-order valence-corrected chi connectivity index (χ0v) is 9.80. The van der Waals surface area contributed by atoms with Crippen LogP contribution in [0.4, 0.5) is 5.69 Å². The van der Waals surface area contributed by atoms with Crippen molar-refractivity contribution in [2.24, 2.45) is 0 Å². The van der Waals surface area contributed by atoms with Crippen LogP contribution in [0.15, 0.2) is 6.20 Å². The molecule has 17 heavy (non-hydrogen) atoms. The van der Waals surface area contributed by atoms with E-state index >= 15 is 0 Å². The highest BCUT2D eigenvalue weighted by Crippen LogP contribution is 2.10. The fourth-order valence-corrected chi connectivity index (χ4v) is 1.21. The van der Waals surface area contributed by atoms with Gasteiger partial charge in [0.2, 0.25) is 0 Å². The standard InChI is InChI=1S/C10H15N3O4/c1-3-16-8(14)6-13-5-7(11)9(12-13)10(15)17-4-2/h5H,3-4,6,11H2,1-2H3. The topological polar surface area (TPSA) is 96.4 Å². The number of esters is 2. The van der Waals surface area contributed by atoms with E-state index in [1.165, 1.54) is 10.9 Å². The molecule has 1 aromatic heterocycles. The number of nitrogen functional groups attached to an aromatic ring is 1. The van der Waals surface area contributed by atoms with E-state index in [9.17, 15) is 9.59 Å². The minimum Gasteiger partial charge on any atom is -0.465 e. The predicted molar refractivity (Wildman–Crippen MR) is 59.2 cm³/mol. The number of nitrogens with two attached hydrogens (primary N) is 1. The van der Waals surface area contributed by atoms with E-state index in [-0.39, 0.29) is 24.5 Å². The molecule has 0 atom stereocenters. The van der Waals surface area contributed by atoms with Gasteiger partial charge in [-0.3, -0.25) is 9.48 Å². The van der Waals surface area contributed by atoms with Crippen molar-refractivity contribution in [1.29, 1.82) is 0 Å². The second-order valence-electron chi connectivity index (χ2n) is 3.16. The van der Waals surface area contributed by atoms with Crippen LogP contribution in [0.3, 0.4) is 0 Å². The third-order valence-corrected chi connectivity index (χ3v) is 1.86. The normalized spacial score (nSPS) is 10.0. The average Bonchev–Trinajstić information content (AvgIpc) is 2.60. The molecule has 1 heterocycles. The van der Waals surface area contributed by atoms with Gasteiger partial charge in [0.1, 0.15) is 6.54 Å². The van der Waals surface area contributed by atoms with Crippen molar-refractivity contribution in [1.82, 2.24) is 9.78 Å². The van der Waals surface area contributed by atoms with Crippen molar-refractivity contribution in [2.45, 2.75) is 20.4 Å². The van der Waals surface area contributed by atoms with E-state index in [1.54, 1.807) is 13.8 Å².